The quantitative estimate of drug-likeness (QED) is 0.374. The average Bonchev–Trinajstić information content (AvgIpc) is 2.72. The van der Waals surface area contributed by atoms with Crippen molar-refractivity contribution in [3.8, 4) is 11.1 Å². The van der Waals surface area contributed by atoms with Gasteiger partial charge in [-0.05, 0) is 48.1 Å². The number of benzene rings is 2. The Morgan fingerprint density at radius 1 is 1.00 bits per heavy atom. The molecule has 0 aliphatic heterocycles. The maximum absolute atomic E-state index is 6.45. The van der Waals surface area contributed by atoms with Crippen molar-refractivity contribution in [2.75, 3.05) is 0 Å². The summed E-state index contributed by atoms with van der Waals surface area (Å²) in [6, 6.07) is 15.4. The molecule has 0 bridgehead atoms. The molecule has 1 atom stereocenters. The first-order valence-electron chi connectivity index (χ1n) is 9.03. The zero-order valence-electron chi connectivity index (χ0n) is 15.4. The van der Waals surface area contributed by atoms with Crippen LogP contribution in [-0.4, -0.2) is 21.9 Å². The summed E-state index contributed by atoms with van der Waals surface area (Å²) in [7, 11) is 0. The van der Waals surface area contributed by atoms with Crippen molar-refractivity contribution in [3.05, 3.63) is 81.6 Å². The minimum absolute atomic E-state index is 0.0962. The van der Waals surface area contributed by atoms with Crippen LogP contribution in [0.1, 0.15) is 29.2 Å². The van der Waals surface area contributed by atoms with E-state index >= 15 is 0 Å². The maximum atomic E-state index is 6.45. The van der Waals surface area contributed by atoms with Crippen LogP contribution >= 0.6 is 23.2 Å². The molecule has 2 aromatic carbocycles. The van der Waals surface area contributed by atoms with Gasteiger partial charge < -0.3 is 11.5 Å². The smallest absolute Gasteiger partial charge is 0.211 e. The van der Waals surface area contributed by atoms with Gasteiger partial charge in [-0.25, -0.2) is 0 Å². The van der Waals surface area contributed by atoms with Gasteiger partial charge in [0.2, 0.25) is 5.96 Å². The lowest BCUT2D eigenvalue weighted by molar-refractivity contribution is 0.668. The van der Waals surface area contributed by atoms with Crippen molar-refractivity contribution >= 4 is 34.9 Å². The molecule has 8 heteroatoms. The molecule has 0 fully saturated rings. The van der Waals surface area contributed by atoms with Crippen LogP contribution in [0.3, 0.4) is 0 Å². The van der Waals surface area contributed by atoms with Gasteiger partial charge >= 0.3 is 0 Å². The molecule has 1 unspecified atom stereocenters. The molecule has 1 heterocycles. The highest BCUT2D eigenvalue weighted by molar-refractivity contribution is 6.31. The number of halogens is 2. The number of fused-ring (bicyclic) bond motifs is 1. The summed E-state index contributed by atoms with van der Waals surface area (Å²) in [5.74, 6) is -0.00658. The van der Waals surface area contributed by atoms with Crippen LogP contribution in [0.25, 0.3) is 11.1 Å². The van der Waals surface area contributed by atoms with Crippen LogP contribution in [0, 0.1) is 0 Å². The van der Waals surface area contributed by atoms with E-state index in [1.54, 1.807) is 6.20 Å². The van der Waals surface area contributed by atoms with Gasteiger partial charge in [0.15, 0.2) is 0 Å². The van der Waals surface area contributed by atoms with Gasteiger partial charge in [-0.2, -0.15) is 15.3 Å². The Labute approximate surface area is 178 Å². The van der Waals surface area contributed by atoms with Crippen molar-refractivity contribution in [1.29, 1.82) is 0 Å². The molecular weight excluding hydrogens is 407 g/mol. The topological polar surface area (TPSA) is 103 Å². The molecule has 1 aliphatic carbocycles. The number of hydrogen-bond donors (Lipinski definition) is 2. The van der Waals surface area contributed by atoms with Gasteiger partial charge in [-0.3, -0.25) is 0 Å². The van der Waals surface area contributed by atoms with Gasteiger partial charge in [0, 0.05) is 21.2 Å². The predicted octanol–water partition coefficient (Wildman–Crippen LogP) is 4.16. The Kier molecular flexibility index (Phi) is 5.47. The molecule has 1 aromatic heterocycles. The Bertz CT molecular complexity index is 1100. The predicted molar refractivity (Wildman–Crippen MR) is 117 cm³/mol. The van der Waals surface area contributed by atoms with E-state index in [-0.39, 0.29) is 11.9 Å². The minimum Gasteiger partial charge on any atom is -0.369 e. The standard InChI is InChI=1S/C21H18Cl2N6/c22-14-7-5-12(6-8-14)16-11-26-27-18-9-13(15-3-1-2-4-17(15)23)10-19(20(16)18)28-29-21(24)25/h1-8,11,13H,9-10H2,(H4,24,25,29). The molecule has 1 aliphatic rings. The summed E-state index contributed by atoms with van der Waals surface area (Å²) >= 11 is 12.5. The van der Waals surface area contributed by atoms with Gasteiger partial charge in [-0.1, -0.05) is 53.5 Å². The lowest BCUT2D eigenvalue weighted by Gasteiger charge is -2.27. The van der Waals surface area contributed by atoms with E-state index in [0.29, 0.717) is 22.9 Å². The van der Waals surface area contributed by atoms with Gasteiger partial charge in [0.1, 0.15) is 0 Å². The van der Waals surface area contributed by atoms with E-state index in [4.69, 9.17) is 34.7 Å². The lowest BCUT2D eigenvalue weighted by Crippen LogP contribution is -2.24. The van der Waals surface area contributed by atoms with Crippen molar-refractivity contribution in [1.82, 2.24) is 10.2 Å². The minimum atomic E-state index is -0.103. The average molecular weight is 425 g/mol. The molecule has 146 valence electrons. The summed E-state index contributed by atoms with van der Waals surface area (Å²) in [6.07, 6.45) is 3.04. The van der Waals surface area contributed by atoms with Crippen LogP contribution in [0.5, 0.6) is 0 Å². The molecule has 4 N–H and O–H groups in total. The first-order chi connectivity index (χ1) is 14.0. The zero-order chi connectivity index (χ0) is 20.4. The summed E-state index contributed by atoms with van der Waals surface area (Å²) in [6.45, 7) is 0. The summed E-state index contributed by atoms with van der Waals surface area (Å²) in [4.78, 5) is 0. The summed E-state index contributed by atoms with van der Waals surface area (Å²) in [5, 5.41) is 18.2. The molecule has 0 saturated heterocycles. The molecule has 0 radical (unpaired) electrons. The third-order valence-corrected chi connectivity index (χ3v) is 5.47. The Morgan fingerprint density at radius 3 is 2.48 bits per heavy atom. The molecule has 4 rings (SSSR count). The number of nitrogens with two attached hydrogens (primary N) is 2. The van der Waals surface area contributed by atoms with Gasteiger partial charge in [-0.15, -0.1) is 5.10 Å². The van der Waals surface area contributed by atoms with Crippen molar-refractivity contribution in [2.24, 2.45) is 21.7 Å². The van der Waals surface area contributed by atoms with Crippen LogP contribution < -0.4 is 11.5 Å². The van der Waals surface area contributed by atoms with Crippen molar-refractivity contribution in [3.63, 3.8) is 0 Å². The zero-order valence-corrected chi connectivity index (χ0v) is 16.9. The second kappa shape index (κ2) is 8.19. The van der Waals surface area contributed by atoms with Crippen molar-refractivity contribution in [2.45, 2.75) is 18.8 Å². The monoisotopic (exact) mass is 424 g/mol. The van der Waals surface area contributed by atoms with E-state index in [0.717, 1.165) is 33.7 Å². The molecule has 0 spiro atoms. The Balaban J connectivity index is 1.86. The fraction of sp³-hybridized carbons (Fsp3) is 0.143. The number of guanidine groups is 1. The number of rotatable bonds is 3. The fourth-order valence-electron chi connectivity index (χ4n) is 3.62. The molecule has 0 saturated carbocycles. The maximum Gasteiger partial charge on any atom is 0.211 e. The van der Waals surface area contributed by atoms with E-state index in [9.17, 15) is 0 Å². The summed E-state index contributed by atoms with van der Waals surface area (Å²) in [5.41, 5.74) is 16.4. The largest absolute Gasteiger partial charge is 0.369 e. The second-order valence-electron chi connectivity index (χ2n) is 6.79. The van der Waals surface area contributed by atoms with Gasteiger partial charge in [0.05, 0.1) is 17.6 Å². The number of hydrogen-bond acceptors (Lipinski definition) is 4. The summed E-state index contributed by atoms with van der Waals surface area (Å²) < 4.78 is 0. The Hall–Kier alpha value is -2.96. The molecule has 6 nitrogen and oxygen atoms in total. The third-order valence-electron chi connectivity index (χ3n) is 4.88. The van der Waals surface area contributed by atoms with Crippen LogP contribution in [0.15, 0.2) is 64.9 Å². The highest BCUT2D eigenvalue weighted by atomic mass is 35.5. The van der Waals surface area contributed by atoms with Crippen LogP contribution in [-0.2, 0) is 6.42 Å². The van der Waals surface area contributed by atoms with Gasteiger partial charge in [0.25, 0.3) is 0 Å². The fourth-order valence-corrected chi connectivity index (χ4v) is 4.03. The first-order valence-corrected chi connectivity index (χ1v) is 9.79. The number of nitrogens with zero attached hydrogens (tertiary/aromatic N) is 4. The number of aromatic nitrogens is 2. The van der Waals surface area contributed by atoms with Crippen LogP contribution in [0.2, 0.25) is 10.0 Å². The second-order valence-corrected chi connectivity index (χ2v) is 7.63. The molecule has 3 aromatic rings. The Morgan fingerprint density at radius 2 is 1.76 bits per heavy atom. The van der Waals surface area contributed by atoms with E-state index in [2.05, 4.69) is 20.4 Å². The normalized spacial score (nSPS) is 17.0. The first kappa shape index (κ1) is 19.4. The lowest BCUT2D eigenvalue weighted by atomic mass is 9.79. The van der Waals surface area contributed by atoms with E-state index < -0.39 is 0 Å². The van der Waals surface area contributed by atoms with Crippen LogP contribution in [0.4, 0.5) is 0 Å². The van der Waals surface area contributed by atoms with E-state index in [1.807, 2.05) is 48.5 Å². The van der Waals surface area contributed by atoms with E-state index in [1.165, 1.54) is 0 Å². The highest BCUT2D eigenvalue weighted by Gasteiger charge is 2.30. The molecular formula is C21H18Cl2N6. The third kappa shape index (κ3) is 4.09. The SMILES string of the molecule is NC(N)=NN=C1CC(c2ccccc2Cl)Cc2nncc(-c3ccc(Cl)cc3)c21. The highest BCUT2D eigenvalue weighted by Crippen LogP contribution is 2.38. The molecule has 29 heavy (non-hydrogen) atoms. The molecule has 0 amide bonds. The van der Waals surface area contributed by atoms with Crippen molar-refractivity contribution < 1.29 is 0 Å².